The van der Waals surface area contributed by atoms with Crippen LogP contribution in [-0.4, -0.2) is 120 Å². The van der Waals surface area contributed by atoms with Gasteiger partial charge in [-0.05, 0) is 118 Å². The summed E-state index contributed by atoms with van der Waals surface area (Å²) in [5.74, 6) is -1.86. The molecule has 0 aliphatic carbocycles. The number of amides is 5. The fourth-order valence-electron chi connectivity index (χ4n) is 11.5. The second-order valence-electron chi connectivity index (χ2n) is 18.1. The first kappa shape index (κ1) is 38.7. The molecule has 6 fully saturated rings. The van der Waals surface area contributed by atoms with Crippen LogP contribution in [0.2, 0.25) is 5.02 Å². The van der Waals surface area contributed by atoms with Crippen LogP contribution in [-0.2, 0) is 9.59 Å². The number of piperazine rings is 1. The Labute approximate surface area is 354 Å². The van der Waals surface area contributed by atoms with Gasteiger partial charge >= 0.3 is 0 Å². The normalized spacial score (nSPS) is 26.6. The maximum Gasteiger partial charge on any atom is 0.262 e. The van der Waals surface area contributed by atoms with Crippen LogP contribution in [0.1, 0.15) is 94.9 Å². The number of rotatable bonds is 6. The molecule has 1 N–H and O–H groups in total. The van der Waals surface area contributed by atoms with Crippen LogP contribution in [0.3, 0.4) is 0 Å². The van der Waals surface area contributed by atoms with Gasteiger partial charge in [0, 0.05) is 99.0 Å². The zero-order valence-corrected chi connectivity index (χ0v) is 34.6. The minimum atomic E-state index is -0.977. The van der Waals surface area contributed by atoms with Gasteiger partial charge in [0.05, 0.1) is 21.7 Å². The smallest absolute Gasteiger partial charge is 0.262 e. The lowest BCUT2D eigenvalue weighted by molar-refractivity contribution is -0.136. The zero-order chi connectivity index (χ0) is 41.4. The van der Waals surface area contributed by atoms with Crippen LogP contribution < -0.4 is 20.0 Å². The lowest BCUT2D eigenvalue weighted by Crippen LogP contribution is -2.54. The van der Waals surface area contributed by atoms with Gasteiger partial charge in [0.15, 0.2) is 0 Å². The molecule has 13 nitrogen and oxygen atoms in total. The van der Waals surface area contributed by atoms with Crippen LogP contribution in [0.5, 0.6) is 0 Å². The molecule has 310 valence electrons. The minimum absolute atomic E-state index is 0.0901. The molecule has 0 aromatic heterocycles. The van der Waals surface area contributed by atoms with Crippen molar-refractivity contribution in [2.75, 3.05) is 60.5 Å². The molecule has 3 aromatic rings. The molecule has 7 heterocycles. The summed E-state index contributed by atoms with van der Waals surface area (Å²) in [6.45, 7) is 8.49. The third-order valence-corrected chi connectivity index (χ3v) is 15.1. The number of hydrogen-bond donors (Lipinski definition) is 1. The van der Waals surface area contributed by atoms with E-state index in [4.69, 9.17) is 11.6 Å². The predicted molar refractivity (Wildman–Crippen MR) is 226 cm³/mol. The SMILES string of the molecule is CC1CC2(CCN(c3ccc(C(=O)N4C[C@H]5C[C@@H]4CN5C4CCN(c5ccc6c(c5)C(=O)N(C5CCC(=O)NC5=O)C6=O)CC4)cc3)CC2)CN1c1ccc(C#N)c(Cl)c1. The third-order valence-electron chi connectivity index (χ3n) is 14.7. The van der Waals surface area contributed by atoms with E-state index in [1.807, 2.05) is 36.4 Å². The third kappa shape index (κ3) is 6.59. The van der Waals surface area contributed by atoms with E-state index < -0.39 is 29.7 Å². The molecule has 2 unspecified atom stereocenters. The fourth-order valence-corrected chi connectivity index (χ4v) is 11.7. The molecule has 7 aliphatic rings. The Kier molecular flexibility index (Phi) is 9.63. The second kappa shape index (κ2) is 14.9. The first-order valence-electron chi connectivity index (χ1n) is 21.5. The topological polar surface area (TPSA) is 141 Å². The van der Waals surface area contributed by atoms with E-state index in [0.717, 1.165) is 112 Å². The molecule has 2 bridgehead atoms. The van der Waals surface area contributed by atoms with Gasteiger partial charge in [-0.1, -0.05) is 11.6 Å². The molecular weight excluding hydrogens is 780 g/mol. The summed E-state index contributed by atoms with van der Waals surface area (Å²) in [4.78, 5) is 77.5. The molecule has 10 rings (SSSR count). The highest BCUT2D eigenvalue weighted by Crippen LogP contribution is 2.46. The van der Waals surface area contributed by atoms with Crippen LogP contribution in [0.15, 0.2) is 60.7 Å². The van der Waals surface area contributed by atoms with Gasteiger partial charge in [-0.25, -0.2) is 0 Å². The molecule has 0 saturated carbocycles. The largest absolute Gasteiger partial charge is 0.371 e. The standard InChI is InChI=1S/C46H49ClN8O5/c1-28-23-46(27-54(28)34-7-4-30(24-48)39(47)22-34)14-18-51(19-15-46)31-5-2-29(3-6-31)43(58)53-26-35-20-36(53)25-52(35)32-12-16-50(17-13-32)33-8-9-37-38(21-33)45(60)55(44(37)59)40-10-11-41(56)49-42(40)57/h2-9,21-22,28,32,35-36,40H,10-20,23,25-27H2,1H3,(H,49,56,57)/t28?,35-,36-,40?/m1/s1. The minimum Gasteiger partial charge on any atom is -0.371 e. The Morgan fingerprint density at radius 1 is 0.800 bits per heavy atom. The monoisotopic (exact) mass is 828 g/mol. The van der Waals surface area contributed by atoms with E-state index >= 15 is 0 Å². The quantitative estimate of drug-likeness (QED) is 0.336. The number of imide groups is 2. The zero-order valence-electron chi connectivity index (χ0n) is 33.8. The number of nitrogens with zero attached hydrogens (tertiary/aromatic N) is 7. The summed E-state index contributed by atoms with van der Waals surface area (Å²) in [6, 6.07) is 21.9. The Bertz CT molecular complexity index is 2330. The summed E-state index contributed by atoms with van der Waals surface area (Å²) < 4.78 is 0. The molecule has 5 amide bonds. The lowest BCUT2D eigenvalue weighted by atomic mass is 9.76. The summed E-state index contributed by atoms with van der Waals surface area (Å²) in [5, 5.41) is 12.1. The van der Waals surface area contributed by atoms with Gasteiger partial charge in [0.25, 0.3) is 17.7 Å². The van der Waals surface area contributed by atoms with Crippen molar-refractivity contribution in [1.29, 1.82) is 5.26 Å². The van der Waals surface area contributed by atoms with Crippen molar-refractivity contribution in [1.82, 2.24) is 20.0 Å². The summed E-state index contributed by atoms with van der Waals surface area (Å²) in [7, 11) is 0. The number of likely N-dealkylation sites (tertiary alicyclic amines) is 2. The first-order valence-corrected chi connectivity index (χ1v) is 21.9. The van der Waals surface area contributed by atoms with Crippen molar-refractivity contribution in [2.24, 2.45) is 5.41 Å². The number of nitrogens with one attached hydrogen (secondary N) is 1. The van der Waals surface area contributed by atoms with E-state index in [0.29, 0.717) is 39.8 Å². The number of carbonyl (C=O) groups is 5. The number of benzene rings is 3. The average Bonchev–Trinajstić information content (AvgIpc) is 4.02. The van der Waals surface area contributed by atoms with Crippen molar-refractivity contribution in [3.8, 4) is 6.07 Å². The maximum absolute atomic E-state index is 13.9. The highest BCUT2D eigenvalue weighted by Gasteiger charge is 2.49. The molecule has 3 aromatic carbocycles. The predicted octanol–water partition coefficient (Wildman–Crippen LogP) is 5.07. The van der Waals surface area contributed by atoms with E-state index in [2.05, 4.69) is 54.9 Å². The van der Waals surface area contributed by atoms with Gasteiger partial charge in [-0.3, -0.25) is 39.1 Å². The molecule has 4 atom stereocenters. The number of fused-ring (bicyclic) bond motifs is 3. The number of hydrogen-bond acceptors (Lipinski definition) is 10. The number of halogens is 1. The summed E-state index contributed by atoms with van der Waals surface area (Å²) in [6.07, 6.45) is 6.50. The van der Waals surface area contributed by atoms with Crippen molar-refractivity contribution < 1.29 is 24.0 Å². The van der Waals surface area contributed by atoms with E-state index in [9.17, 15) is 29.2 Å². The number of carbonyl (C=O) groups excluding carboxylic acids is 5. The second-order valence-corrected chi connectivity index (χ2v) is 18.5. The lowest BCUT2D eigenvalue weighted by Gasteiger charge is -2.43. The van der Waals surface area contributed by atoms with Crippen LogP contribution in [0.4, 0.5) is 17.1 Å². The van der Waals surface area contributed by atoms with Crippen LogP contribution in [0, 0.1) is 16.7 Å². The van der Waals surface area contributed by atoms with Gasteiger partial charge in [-0.15, -0.1) is 0 Å². The molecule has 14 heteroatoms. The van der Waals surface area contributed by atoms with E-state index in [1.165, 1.54) is 0 Å². The highest BCUT2D eigenvalue weighted by atomic mass is 35.5. The maximum atomic E-state index is 13.9. The van der Waals surface area contributed by atoms with Gasteiger partial charge < -0.3 is 19.6 Å². The number of nitriles is 1. The molecule has 0 radical (unpaired) electrons. The Morgan fingerprint density at radius 3 is 2.18 bits per heavy atom. The molecular formula is C46H49ClN8O5. The number of piperidine rings is 3. The van der Waals surface area contributed by atoms with Crippen LogP contribution in [0.25, 0.3) is 0 Å². The van der Waals surface area contributed by atoms with Gasteiger partial charge in [0.2, 0.25) is 11.8 Å². The summed E-state index contributed by atoms with van der Waals surface area (Å²) in [5.41, 5.74) is 5.24. The van der Waals surface area contributed by atoms with Crippen molar-refractivity contribution >= 4 is 58.2 Å². The van der Waals surface area contributed by atoms with Crippen molar-refractivity contribution in [3.05, 3.63) is 87.9 Å². The first-order chi connectivity index (χ1) is 29.0. The van der Waals surface area contributed by atoms with Gasteiger partial charge in [0.1, 0.15) is 12.1 Å². The Morgan fingerprint density at radius 2 is 1.50 bits per heavy atom. The Balaban J connectivity index is 0.705. The van der Waals surface area contributed by atoms with E-state index in [-0.39, 0.29) is 30.2 Å². The number of anilines is 3. The van der Waals surface area contributed by atoms with E-state index in [1.54, 1.807) is 12.1 Å². The molecule has 7 aliphatic heterocycles. The summed E-state index contributed by atoms with van der Waals surface area (Å²) >= 11 is 6.39. The Hall–Kier alpha value is -5.45. The van der Waals surface area contributed by atoms with Crippen molar-refractivity contribution in [3.63, 3.8) is 0 Å². The van der Waals surface area contributed by atoms with Gasteiger partial charge in [-0.2, -0.15) is 5.26 Å². The fraction of sp³-hybridized carbons (Fsp3) is 0.478. The van der Waals surface area contributed by atoms with Crippen molar-refractivity contribution in [2.45, 2.75) is 88.5 Å². The molecule has 1 spiro atoms. The average molecular weight is 829 g/mol. The molecule has 6 saturated heterocycles. The molecule has 60 heavy (non-hydrogen) atoms. The van der Waals surface area contributed by atoms with Crippen LogP contribution >= 0.6 is 11.6 Å². The highest BCUT2D eigenvalue weighted by molar-refractivity contribution is 6.32.